The normalized spacial score (nSPS) is 15.3. The maximum absolute atomic E-state index is 6.91. The van der Waals surface area contributed by atoms with Gasteiger partial charge in [-0.05, 0) is 142 Å². The zero-order chi connectivity index (χ0) is 39.0. The van der Waals surface area contributed by atoms with E-state index in [-0.39, 0.29) is 12.2 Å². The van der Waals surface area contributed by atoms with Crippen molar-refractivity contribution in [1.82, 2.24) is 0 Å². The minimum atomic E-state index is -1.01. The summed E-state index contributed by atoms with van der Waals surface area (Å²) in [5, 5.41) is 13.5. The molecule has 0 aromatic heterocycles. The van der Waals surface area contributed by atoms with E-state index >= 15 is 0 Å². The van der Waals surface area contributed by atoms with E-state index in [0.717, 1.165) is 40.4 Å². The summed E-state index contributed by atoms with van der Waals surface area (Å²) < 4.78 is 13.8. The molecule has 0 saturated carbocycles. The molecule has 0 radical (unpaired) electrons. The number of nitrogens with one attached hydrogen (secondary N) is 2. The van der Waals surface area contributed by atoms with Gasteiger partial charge in [0, 0.05) is 39.0 Å². The van der Waals surface area contributed by atoms with E-state index < -0.39 is 16.1 Å². The Hall–Kier alpha value is -4.62. The third-order valence-corrected chi connectivity index (χ3v) is 14.0. The summed E-state index contributed by atoms with van der Waals surface area (Å²) in [6, 6.07) is 40.7. The molecule has 2 N–H and O–H groups in total. The number of benzene rings is 6. The summed E-state index contributed by atoms with van der Waals surface area (Å²) in [5.74, 6) is 1.70. The van der Waals surface area contributed by atoms with Crippen LogP contribution in [-0.4, -0.2) is 12.2 Å². The van der Waals surface area contributed by atoms with Crippen molar-refractivity contribution >= 4 is 48.7 Å². The third-order valence-electron chi connectivity index (χ3n) is 9.95. The van der Waals surface area contributed by atoms with Gasteiger partial charge in [0.05, 0.1) is 39.5 Å². The molecule has 282 valence electrons. The van der Waals surface area contributed by atoms with Crippen molar-refractivity contribution < 1.29 is 9.47 Å². The summed E-state index contributed by atoms with van der Waals surface area (Å²) in [4.78, 5) is 0. The Balaban J connectivity index is 1.46. The van der Waals surface area contributed by atoms with Crippen molar-refractivity contribution in [1.29, 1.82) is 0 Å². The second-order valence-electron chi connectivity index (χ2n) is 15.7. The Morgan fingerprint density at radius 1 is 0.418 bits per heavy atom. The first kappa shape index (κ1) is 38.6. The molecule has 0 amide bonds. The van der Waals surface area contributed by atoms with Crippen LogP contribution < -0.4 is 40.9 Å². The predicted molar refractivity (Wildman–Crippen MR) is 240 cm³/mol. The molecule has 0 unspecified atom stereocenters. The molecule has 7 rings (SSSR count). The van der Waals surface area contributed by atoms with E-state index in [4.69, 9.17) is 9.47 Å². The topological polar surface area (TPSA) is 42.5 Å². The van der Waals surface area contributed by atoms with Crippen LogP contribution in [0.5, 0.6) is 11.5 Å². The van der Waals surface area contributed by atoms with Crippen molar-refractivity contribution in [2.75, 3.05) is 10.2 Å². The summed E-state index contributed by atoms with van der Waals surface area (Å²) in [6.45, 7) is 21.8. The van der Waals surface area contributed by atoms with Gasteiger partial charge in [-0.2, -0.15) is 0 Å². The summed E-state index contributed by atoms with van der Waals surface area (Å²) in [5.41, 5.74) is 14.1. The van der Waals surface area contributed by atoms with E-state index in [0.29, 0.717) is 0 Å². The van der Waals surface area contributed by atoms with Gasteiger partial charge in [0.15, 0.2) is 0 Å². The predicted octanol–water partition coefficient (Wildman–Crippen LogP) is 11.7. The Bertz CT molecular complexity index is 2020. The maximum atomic E-state index is 6.91. The zero-order valence-corrected chi connectivity index (χ0v) is 35.8. The van der Waals surface area contributed by atoms with Crippen LogP contribution in [0.3, 0.4) is 0 Å². The fourth-order valence-electron chi connectivity index (χ4n) is 8.07. The van der Waals surface area contributed by atoms with Crippen molar-refractivity contribution in [3.63, 3.8) is 0 Å². The van der Waals surface area contributed by atoms with Gasteiger partial charge in [-0.15, -0.1) is 0 Å². The molecule has 0 bridgehead atoms. The van der Waals surface area contributed by atoms with E-state index in [1.54, 1.807) is 0 Å². The largest absolute Gasteiger partial charge is 0.490 e. The van der Waals surface area contributed by atoms with E-state index in [9.17, 15) is 0 Å². The number of fused-ring (bicyclic) bond motifs is 3. The fraction of sp³-hybridized carbons (Fsp3) is 0.265. The highest BCUT2D eigenvalue weighted by molar-refractivity contribution is 7.74. The van der Waals surface area contributed by atoms with Gasteiger partial charge in [-0.3, -0.25) is 0 Å². The van der Waals surface area contributed by atoms with Gasteiger partial charge < -0.3 is 19.6 Å². The lowest BCUT2D eigenvalue weighted by atomic mass is 9.99. The number of anilines is 2. The number of ether oxygens (including phenoxy) is 2. The molecule has 55 heavy (non-hydrogen) atoms. The highest BCUT2D eigenvalue weighted by atomic mass is 31.1. The Morgan fingerprint density at radius 2 is 0.691 bits per heavy atom. The van der Waals surface area contributed by atoms with Crippen molar-refractivity contribution in [2.45, 2.75) is 87.9 Å². The fourth-order valence-corrected chi connectivity index (χ4v) is 12.7. The van der Waals surface area contributed by atoms with Crippen LogP contribution >= 0.6 is 16.1 Å². The quantitative estimate of drug-likeness (QED) is 0.152. The minimum absolute atomic E-state index is 0.0438. The van der Waals surface area contributed by atoms with Gasteiger partial charge in [0.25, 0.3) is 0 Å². The lowest BCUT2D eigenvalue weighted by Gasteiger charge is -2.28. The van der Waals surface area contributed by atoms with Crippen LogP contribution in [0.2, 0.25) is 0 Å². The number of aryl methyl sites for hydroxylation is 8. The van der Waals surface area contributed by atoms with Crippen molar-refractivity contribution in [3.8, 4) is 22.6 Å². The number of hydrogen-bond donors (Lipinski definition) is 2. The third kappa shape index (κ3) is 8.94. The standard InChI is InChI=1S/C49H54N2O2P2/c1-30-17-31(2)22-40(21-30)54(41-23-32(3)18-33(4)24-41)50-44-13-11-15-46-48(44)49-45(14-12-16-47(49)53-39(10)29-38(9)52-46)51-55(42-25-34(5)19-35(6)26-42)43-27-36(7)20-37(8)28-43/h11-28,38-39,50-51H,29H2,1-10H3/t38-,39-/m1/s1. The van der Waals surface area contributed by atoms with Crippen LogP contribution in [0.15, 0.2) is 109 Å². The molecule has 1 aliphatic rings. The van der Waals surface area contributed by atoms with Crippen molar-refractivity contribution in [2.24, 2.45) is 0 Å². The molecule has 6 aromatic carbocycles. The second-order valence-corrected chi connectivity index (χ2v) is 19.6. The van der Waals surface area contributed by atoms with Crippen LogP contribution in [0.25, 0.3) is 11.1 Å². The molecule has 1 aliphatic heterocycles. The second kappa shape index (κ2) is 16.2. The van der Waals surface area contributed by atoms with Crippen LogP contribution in [0, 0.1) is 55.4 Å². The smallest absolute Gasteiger partial charge is 0.129 e. The maximum Gasteiger partial charge on any atom is 0.129 e. The Labute approximate surface area is 331 Å². The molecular weight excluding hydrogens is 710 g/mol. The number of rotatable bonds is 8. The molecule has 4 nitrogen and oxygen atoms in total. The summed E-state index contributed by atoms with van der Waals surface area (Å²) in [7, 11) is -2.03. The van der Waals surface area contributed by atoms with Gasteiger partial charge in [-0.25, -0.2) is 0 Å². The van der Waals surface area contributed by atoms with E-state index in [1.807, 2.05) is 0 Å². The first-order valence-electron chi connectivity index (χ1n) is 19.4. The highest BCUT2D eigenvalue weighted by Gasteiger charge is 2.29. The van der Waals surface area contributed by atoms with Gasteiger partial charge in [-0.1, -0.05) is 80.9 Å². The monoisotopic (exact) mass is 764 g/mol. The molecular formula is C49H54N2O2P2. The van der Waals surface area contributed by atoms with Gasteiger partial charge >= 0.3 is 0 Å². The zero-order valence-electron chi connectivity index (χ0n) is 34.0. The molecule has 0 aliphatic carbocycles. The van der Waals surface area contributed by atoms with E-state index in [2.05, 4.69) is 189 Å². The van der Waals surface area contributed by atoms with Gasteiger partial charge in [0.2, 0.25) is 0 Å². The van der Waals surface area contributed by atoms with Crippen LogP contribution in [-0.2, 0) is 0 Å². The van der Waals surface area contributed by atoms with Crippen LogP contribution in [0.1, 0.15) is 64.8 Å². The van der Waals surface area contributed by atoms with Crippen molar-refractivity contribution in [3.05, 3.63) is 154 Å². The minimum Gasteiger partial charge on any atom is -0.490 e. The SMILES string of the molecule is Cc1cc(C)cc(P(Nc2cccc3c2-c2c(NP(c4cc(C)cc(C)c4)c4cc(C)cc(C)c4)cccc2O[C@H](C)C[C@@H](C)O3)c2cc(C)cc(C)c2)c1. The molecule has 0 spiro atoms. The number of hydrogen-bond acceptors (Lipinski definition) is 4. The van der Waals surface area contributed by atoms with E-state index in [1.165, 1.54) is 65.7 Å². The molecule has 2 atom stereocenters. The Morgan fingerprint density at radius 3 is 0.964 bits per heavy atom. The summed E-state index contributed by atoms with van der Waals surface area (Å²) in [6.07, 6.45) is 0.680. The lowest BCUT2D eigenvalue weighted by molar-refractivity contribution is 0.134. The highest BCUT2D eigenvalue weighted by Crippen LogP contribution is 2.52. The molecule has 6 aromatic rings. The Kier molecular flexibility index (Phi) is 11.4. The lowest BCUT2D eigenvalue weighted by Crippen LogP contribution is -2.22. The van der Waals surface area contributed by atoms with Gasteiger partial charge in [0.1, 0.15) is 11.5 Å². The average Bonchev–Trinajstić information content (AvgIpc) is 3.13. The molecule has 6 heteroatoms. The average molecular weight is 765 g/mol. The summed E-state index contributed by atoms with van der Waals surface area (Å²) >= 11 is 0. The molecule has 1 heterocycles. The molecule has 0 fully saturated rings. The van der Waals surface area contributed by atoms with Crippen LogP contribution in [0.4, 0.5) is 11.4 Å². The first-order chi connectivity index (χ1) is 26.3. The molecule has 0 saturated heterocycles. The first-order valence-corrected chi connectivity index (χ1v) is 22.0.